The minimum atomic E-state index is -0.694. The Hall–Kier alpha value is -1.18. The van der Waals surface area contributed by atoms with Gasteiger partial charge < -0.3 is 15.8 Å². The number of nitrogens with one attached hydrogen (secondary N) is 1. The Bertz CT molecular complexity index is 397. The van der Waals surface area contributed by atoms with Gasteiger partial charge in [0.1, 0.15) is 16.7 Å². The molecule has 0 saturated heterocycles. The summed E-state index contributed by atoms with van der Waals surface area (Å²) in [7, 11) is 1.26. The van der Waals surface area contributed by atoms with E-state index in [1.165, 1.54) is 18.4 Å². The summed E-state index contributed by atoms with van der Waals surface area (Å²) in [5, 5.41) is 4.75. The van der Waals surface area contributed by atoms with Gasteiger partial charge >= 0.3 is 5.97 Å². The van der Waals surface area contributed by atoms with Gasteiger partial charge in [0, 0.05) is 11.9 Å². The Morgan fingerprint density at radius 2 is 2.29 bits per heavy atom. The summed E-state index contributed by atoms with van der Waals surface area (Å²) in [4.78, 5) is 26.7. The molecule has 1 atom stereocenters. The number of ether oxygens (including phenoxy) is 1. The third-order valence-corrected chi connectivity index (χ3v) is 2.73. The van der Waals surface area contributed by atoms with Crippen LogP contribution in [0.25, 0.3) is 0 Å². The zero-order valence-electron chi connectivity index (χ0n) is 9.43. The summed E-state index contributed by atoms with van der Waals surface area (Å²) >= 11 is 1.31. The van der Waals surface area contributed by atoms with E-state index < -0.39 is 17.9 Å². The van der Waals surface area contributed by atoms with E-state index >= 15 is 0 Å². The quantitative estimate of drug-likeness (QED) is 0.774. The van der Waals surface area contributed by atoms with Crippen LogP contribution in [0.5, 0.6) is 0 Å². The fourth-order valence-electron chi connectivity index (χ4n) is 1.02. The maximum Gasteiger partial charge on any atom is 0.328 e. The maximum atomic E-state index is 11.6. The maximum absolute atomic E-state index is 11.6. The summed E-state index contributed by atoms with van der Waals surface area (Å²) < 4.78 is 4.48. The van der Waals surface area contributed by atoms with Gasteiger partial charge in [-0.25, -0.2) is 9.78 Å². The van der Waals surface area contributed by atoms with Gasteiger partial charge in [-0.2, -0.15) is 0 Å². The molecule has 0 spiro atoms. The number of carbonyl (C=O) groups is 2. The molecule has 1 aromatic rings. The highest BCUT2D eigenvalue weighted by atomic mass is 35.5. The Kier molecular flexibility index (Phi) is 6.71. The van der Waals surface area contributed by atoms with Crippen LogP contribution in [-0.4, -0.2) is 30.0 Å². The number of methoxy groups -OCH3 is 1. The van der Waals surface area contributed by atoms with E-state index in [-0.39, 0.29) is 18.1 Å². The van der Waals surface area contributed by atoms with Crippen molar-refractivity contribution < 1.29 is 14.3 Å². The van der Waals surface area contributed by atoms with Gasteiger partial charge in [0.15, 0.2) is 0 Å². The molecule has 1 rings (SSSR count). The van der Waals surface area contributed by atoms with Crippen LogP contribution in [-0.2, 0) is 16.1 Å². The number of esters is 1. The topological polar surface area (TPSA) is 94.3 Å². The number of thiazole rings is 1. The Morgan fingerprint density at radius 3 is 2.76 bits per heavy atom. The first kappa shape index (κ1) is 15.8. The van der Waals surface area contributed by atoms with E-state index in [4.69, 9.17) is 5.73 Å². The first-order chi connectivity index (χ1) is 7.58. The zero-order chi connectivity index (χ0) is 12.1. The number of halogens is 1. The second-order valence-electron chi connectivity index (χ2n) is 3.05. The Labute approximate surface area is 109 Å². The summed E-state index contributed by atoms with van der Waals surface area (Å²) in [5.74, 6) is -0.906. The molecule has 0 aromatic carbocycles. The summed E-state index contributed by atoms with van der Waals surface area (Å²) in [6.45, 7) is 1.84. The van der Waals surface area contributed by atoms with Crippen LogP contribution in [0.1, 0.15) is 22.4 Å². The highest BCUT2D eigenvalue weighted by Crippen LogP contribution is 2.08. The third kappa shape index (κ3) is 4.29. The second kappa shape index (κ2) is 7.21. The molecule has 0 aliphatic carbocycles. The van der Waals surface area contributed by atoms with Gasteiger partial charge in [-0.15, -0.1) is 23.7 Å². The molecule has 17 heavy (non-hydrogen) atoms. The summed E-state index contributed by atoms with van der Waals surface area (Å²) in [6.07, 6.45) is 0. The number of carbonyl (C=O) groups excluding carboxylic acids is 2. The molecule has 0 radical (unpaired) electrons. The molecule has 0 aliphatic rings. The van der Waals surface area contributed by atoms with Crippen LogP contribution >= 0.6 is 23.7 Å². The molecule has 1 amide bonds. The van der Waals surface area contributed by atoms with Crippen molar-refractivity contribution in [2.75, 3.05) is 7.11 Å². The predicted molar refractivity (Wildman–Crippen MR) is 66.2 cm³/mol. The molecular formula is C9H14ClN3O3S. The van der Waals surface area contributed by atoms with Crippen molar-refractivity contribution in [1.29, 1.82) is 0 Å². The largest absolute Gasteiger partial charge is 0.467 e. The van der Waals surface area contributed by atoms with Crippen LogP contribution in [0.15, 0.2) is 5.38 Å². The van der Waals surface area contributed by atoms with E-state index in [0.717, 1.165) is 0 Å². The molecule has 1 aromatic heterocycles. The lowest BCUT2D eigenvalue weighted by Crippen LogP contribution is -2.39. The lowest BCUT2D eigenvalue weighted by molar-refractivity contribution is -0.142. The molecular weight excluding hydrogens is 266 g/mol. The Morgan fingerprint density at radius 1 is 1.65 bits per heavy atom. The van der Waals surface area contributed by atoms with Crippen LogP contribution in [0.3, 0.4) is 0 Å². The number of nitrogens with zero attached hydrogens (tertiary/aromatic N) is 1. The summed E-state index contributed by atoms with van der Waals surface area (Å²) in [5.41, 5.74) is 5.64. The van der Waals surface area contributed by atoms with E-state index in [2.05, 4.69) is 15.0 Å². The van der Waals surface area contributed by atoms with Crippen molar-refractivity contribution in [2.24, 2.45) is 5.73 Å². The van der Waals surface area contributed by atoms with E-state index in [1.807, 2.05) is 0 Å². The molecule has 96 valence electrons. The van der Waals surface area contributed by atoms with Gasteiger partial charge in [-0.05, 0) is 6.92 Å². The SMILES string of the molecule is COC(=O)[C@@H](C)NC(=O)c1csc(CN)n1.Cl. The molecule has 0 saturated carbocycles. The third-order valence-electron chi connectivity index (χ3n) is 1.86. The van der Waals surface area contributed by atoms with Crippen LogP contribution < -0.4 is 11.1 Å². The van der Waals surface area contributed by atoms with Crippen LogP contribution in [0, 0.1) is 0 Å². The average molecular weight is 280 g/mol. The number of hydrogen-bond donors (Lipinski definition) is 2. The molecule has 0 aliphatic heterocycles. The fraction of sp³-hybridized carbons (Fsp3) is 0.444. The molecule has 8 heteroatoms. The van der Waals surface area contributed by atoms with Crippen molar-refractivity contribution in [1.82, 2.24) is 10.3 Å². The molecule has 0 bridgehead atoms. The molecule has 6 nitrogen and oxygen atoms in total. The minimum Gasteiger partial charge on any atom is -0.467 e. The van der Waals surface area contributed by atoms with Crippen molar-refractivity contribution in [3.05, 3.63) is 16.1 Å². The van der Waals surface area contributed by atoms with Crippen molar-refractivity contribution >= 4 is 35.6 Å². The summed E-state index contributed by atoms with van der Waals surface area (Å²) in [6, 6.07) is -0.694. The predicted octanol–water partition coefficient (Wildman–Crippen LogP) is 0.315. The molecule has 0 fully saturated rings. The van der Waals surface area contributed by atoms with Crippen molar-refractivity contribution in [3.63, 3.8) is 0 Å². The van der Waals surface area contributed by atoms with Crippen LogP contribution in [0.4, 0.5) is 0 Å². The molecule has 0 unspecified atom stereocenters. The zero-order valence-corrected chi connectivity index (χ0v) is 11.1. The Balaban J connectivity index is 0.00000256. The highest BCUT2D eigenvalue weighted by Gasteiger charge is 2.18. The lowest BCUT2D eigenvalue weighted by Gasteiger charge is -2.09. The van der Waals surface area contributed by atoms with Crippen LogP contribution in [0.2, 0.25) is 0 Å². The number of hydrogen-bond acceptors (Lipinski definition) is 6. The number of amides is 1. The van der Waals surface area contributed by atoms with Gasteiger partial charge in [0.05, 0.1) is 7.11 Å². The average Bonchev–Trinajstić information content (AvgIpc) is 2.76. The highest BCUT2D eigenvalue weighted by molar-refractivity contribution is 7.09. The van der Waals surface area contributed by atoms with Gasteiger partial charge in [0.2, 0.25) is 0 Å². The lowest BCUT2D eigenvalue weighted by atomic mass is 10.3. The fourth-order valence-corrected chi connectivity index (χ4v) is 1.67. The van der Waals surface area contributed by atoms with E-state index in [9.17, 15) is 9.59 Å². The normalized spacial score (nSPS) is 11.2. The minimum absolute atomic E-state index is 0. The first-order valence-corrected chi connectivity index (χ1v) is 5.49. The van der Waals surface area contributed by atoms with Crippen molar-refractivity contribution in [3.8, 4) is 0 Å². The van der Waals surface area contributed by atoms with E-state index in [0.29, 0.717) is 11.6 Å². The molecule has 1 heterocycles. The standard InChI is InChI=1S/C9H13N3O3S.ClH/c1-5(9(14)15-2)11-8(13)6-4-16-7(3-10)12-6;/h4-5H,3,10H2,1-2H3,(H,11,13);1H/t5-;/m1./s1. The first-order valence-electron chi connectivity index (χ1n) is 4.61. The number of rotatable bonds is 4. The number of aromatic nitrogens is 1. The number of nitrogens with two attached hydrogens (primary N) is 1. The van der Waals surface area contributed by atoms with Gasteiger partial charge in [-0.3, -0.25) is 4.79 Å². The van der Waals surface area contributed by atoms with Crippen molar-refractivity contribution in [2.45, 2.75) is 19.5 Å². The van der Waals surface area contributed by atoms with E-state index in [1.54, 1.807) is 12.3 Å². The molecule has 3 N–H and O–H groups in total. The second-order valence-corrected chi connectivity index (χ2v) is 3.99. The monoisotopic (exact) mass is 279 g/mol. The van der Waals surface area contributed by atoms with Gasteiger partial charge in [-0.1, -0.05) is 0 Å². The van der Waals surface area contributed by atoms with Gasteiger partial charge in [0.25, 0.3) is 5.91 Å². The smallest absolute Gasteiger partial charge is 0.328 e.